The second-order valence-electron chi connectivity index (χ2n) is 6.99. The molecule has 1 heterocycles. The molecule has 25 heavy (non-hydrogen) atoms. The molecule has 0 radical (unpaired) electrons. The summed E-state index contributed by atoms with van der Waals surface area (Å²) in [6, 6.07) is 9.51. The highest BCUT2D eigenvalue weighted by atomic mass is 16.5. The molecule has 1 fully saturated rings. The highest BCUT2D eigenvalue weighted by molar-refractivity contribution is 5.28. The van der Waals surface area contributed by atoms with Crippen molar-refractivity contribution in [2.75, 3.05) is 46.0 Å². The number of nitrogens with one attached hydrogen (secondary N) is 1. The number of aliphatic hydroxyl groups is 1. The number of aliphatic hydroxyl groups excluding tert-OH is 1. The Morgan fingerprint density at radius 1 is 1.32 bits per heavy atom. The molecule has 1 saturated heterocycles. The summed E-state index contributed by atoms with van der Waals surface area (Å²) in [5, 5.41) is 22.1. The van der Waals surface area contributed by atoms with Gasteiger partial charge >= 0.3 is 0 Å². The van der Waals surface area contributed by atoms with E-state index >= 15 is 0 Å². The summed E-state index contributed by atoms with van der Waals surface area (Å²) in [5.41, 5.74) is 0.989. The number of benzene rings is 1. The maximum atomic E-state index is 10.1. The zero-order valence-electron chi connectivity index (χ0n) is 15.2. The predicted molar refractivity (Wildman–Crippen MR) is 96.6 cm³/mol. The lowest BCUT2D eigenvalue weighted by Gasteiger charge is -2.41. The van der Waals surface area contributed by atoms with Crippen LogP contribution in [0.3, 0.4) is 0 Å². The molecule has 6 nitrogen and oxygen atoms in total. The summed E-state index contributed by atoms with van der Waals surface area (Å²) in [6.07, 6.45) is -0.176. The van der Waals surface area contributed by atoms with Crippen molar-refractivity contribution in [2.45, 2.75) is 31.9 Å². The van der Waals surface area contributed by atoms with Gasteiger partial charge in [0.15, 0.2) is 0 Å². The molecule has 0 spiro atoms. The van der Waals surface area contributed by atoms with Crippen molar-refractivity contribution in [1.29, 1.82) is 5.26 Å². The standard InChI is InChI=1S/C19H29N3O3/c1-19(2,22-9-11-24-12-10-22)15-21-13-17(23)14-25-18-5-3-16(4-6-18)7-8-20/h3-6,17,21,23H,7,9-15H2,1-2H3/t17-/m1/s1. The van der Waals surface area contributed by atoms with Gasteiger partial charge in [0.1, 0.15) is 18.5 Å². The molecule has 1 atom stereocenters. The first-order valence-electron chi connectivity index (χ1n) is 8.81. The van der Waals surface area contributed by atoms with Crippen molar-refractivity contribution >= 4 is 0 Å². The van der Waals surface area contributed by atoms with Crippen LogP contribution >= 0.6 is 0 Å². The number of rotatable bonds is 9. The molecule has 1 aliphatic rings. The lowest BCUT2D eigenvalue weighted by Crippen LogP contribution is -2.55. The first-order chi connectivity index (χ1) is 12.0. The smallest absolute Gasteiger partial charge is 0.119 e. The van der Waals surface area contributed by atoms with Crippen LogP contribution in [0.25, 0.3) is 0 Å². The molecule has 0 unspecified atom stereocenters. The Balaban J connectivity index is 1.66. The fourth-order valence-corrected chi connectivity index (χ4v) is 2.87. The third-order valence-corrected chi connectivity index (χ3v) is 4.45. The van der Waals surface area contributed by atoms with Crippen molar-refractivity contribution in [3.05, 3.63) is 29.8 Å². The van der Waals surface area contributed by atoms with Crippen LogP contribution in [-0.4, -0.2) is 67.6 Å². The van der Waals surface area contributed by atoms with Crippen LogP contribution in [0.5, 0.6) is 5.75 Å². The largest absolute Gasteiger partial charge is 0.491 e. The summed E-state index contributed by atoms with van der Waals surface area (Å²) < 4.78 is 11.0. The van der Waals surface area contributed by atoms with E-state index in [1.807, 2.05) is 24.3 Å². The van der Waals surface area contributed by atoms with Gasteiger partial charge < -0.3 is 19.9 Å². The van der Waals surface area contributed by atoms with Crippen LogP contribution in [0.1, 0.15) is 19.4 Å². The molecule has 0 aliphatic carbocycles. The topological polar surface area (TPSA) is 77.8 Å². The summed E-state index contributed by atoms with van der Waals surface area (Å²) >= 11 is 0. The normalized spacial score (nSPS) is 17.0. The fraction of sp³-hybridized carbons (Fsp3) is 0.632. The van der Waals surface area contributed by atoms with Gasteiger partial charge in [0.25, 0.3) is 0 Å². The first-order valence-corrected chi connectivity index (χ1v) is 8.81. The SMILES string of the molecule is CC(C)(CNC[C@@H](O)COc1ccc(CC#N)cc1)N1CCOCC1. The van der Waals surface area contributed by atoms with E-state index in [4.69, 9.17) is 14.7 Å². The zero-order valence-corrected chi connectivity index (χ0v) is 15.2. The zero-order chi connectivity index (χ0) is 18.1. The van der Waals surface area contributed by atoms with Crippen molar-refractivity contribution in [3.63, 3.8) is 0 Å². The number of ether oxygens (including phenoxy) is 2. The highest BCUT2D eigenvalue weighted by Gasteiger charge is 2.27. The van der Waals surface area contributed by atoms with Gasteiger partial charge in [-0.05, 0) is 31.5 Å². The Morgan fingerprint density at radius 2 is 2.00 bits per heavy atom. The van der Waals surface area contributed by atoms with Gasteiger partial charge in [-0.2, -0.15) is 5.26 Å². The van der Waals surface area contributed by atoms with E-state index in [9.17, 15) is 5.11 Å². The molecule has 0 amide bonds. The maximum absolute atomic E-state index is 10.1. The maximum Gasteiger partial charge on any atom is 0.119 e. The van der Waals surface area contributed by atoms with Crippen molar-refractivity contribution in [1.82, 2.24) is 10.2 Å². The van der Waals surface area contributed by atoms with E-state index in [-0.39, 0.29) is 12.1 Å². The van der Waals surface area contributed by atoms with Gasteiger partial charge in [0, 0.05) is 31.7 Å². The van der Waals surface area contributed by atoms with E-state index < -0.39 is 6.10 Å². The Labute approximate surface area is 150 Å². The summed E-state index contributed by atoms with van der Waals surface area (Å²) in [7, 11) is 0. The van der Waals surface area contributed by atoms with Gasteiger partial charge in [-0.25, -0.2) is 0 Å². The molecule has 0 bridgehead atoms. The Morgan fingerprint density at radius 3 is 2.64 bits per heavy atom. The third-order valence-electron chi connectivity index (χ3n) is 4.45. The van der Waals surface area contributed by atoms with Crippen LogP contribution in [0, 0.1) is 11.3 Å². The van der Waals surface area contributed by atoms with Gasteiger partial charge in [0.05, 0.1) is 25.7 Å². The number of nitrogens with zero attached hydrogens (tertiary/aromatic N) is 2. The lowest BCUT2D eigenvalue weighted by molar-refractivity contribution is -0.0107. The minimum absolute atomic E-state index is 0.0287. The Hall–Kier alpha value is -1.65. The monoisotopic (exact) mass is 347 g/mol. The first kappa shape index (κ1) is 19.7. The van der Waals surface area contributed by atoms with Gasteiger partial charge in [-0.15, -0.1) is 0 Å². The molecule has 0 aromatic heterocycles. The van der Waals surface area contributed by atoms with Crippen LogP contribution in [-0.2, 0) is 11.2 Å². The van der Waals surface area contributed by atoms with Crippen molar-refractivity contribution < 1.29 is 14.6 Å². The van der Waals surface area contributed by atoms with Gasteiger partial charge in [0.2, 0.25) is 0 Å². The molecule has 2 rings (SSSR count). The van der Waals surface area contributed by atoms with E-state index in [1.165, 1.54) is 0 Å². The van der Waals surface area contributed by atoms with Crippen LogP contribution in [0.4, 0.5) is 0 Å². The van der Waals surface area contributed by atoms with E-state index in [2.05, 4.69) is 30.1 Å². The molecular formula is C19H29N3O3. The minimum atomic E-state index is -0.570. The van der Waals surface area contributed by atoms with E-state index in [1.54, 1.807) is 0 Å². The summed E-state index contributed by atoms with van der Waals surface area (Å²) in [5.74, 6) is 0.703. The molecular weight excluding hydrogens is 318 g/mol. The molecule has 1 aromatic rings. The number of hydrogen-bond donors (Lipinski definition) is 2. The molecule has 0 saturated carbocycles. The minimum Gasteiger partial charge on any atom is -0.491 e. The van der Waals surface area contributed by atoms with Crippen LogP contribution < -0.4 is 10.1 Å². The molecule has 1 aromatic carbocycles. The average Bonchev–Trinajstić information content (AvgIpc) is 2.62. The molecule has 2 N–H and O–H groups in total. The van der Waals surface area contributed by atoms with E-state index in [0.29, 0.717) is 18.7 Å². The number of hydrogen-bond acceptors (Lipinski definition) is 6. The summed E-state index contributed by atoms with van der Waals surface area (Å²) in [6.45, 7) is 9.40. The van der Waals surface area contributed by atoms with Gasteiger partial charge in [-0.3, -0.25) is 4.90 Å². The Bertz CT molecular complexity index is 548. The lowest BCUT2D eigenvalue weighted by atomic mass is 10.0. The highest BCUT2D eigenvalue weighted by Crippen LogP contribution is 2.15. The summed E-state index contributed by atoms with van der Waals surface area (Å²) in [4.78, 5) is 2.41. The third kappa shape index (κ3) is 6.63. The predicted octanol–water partition coefficient (Wildman–Crippen LogP) is 1.19. The van der Waals surface area contributed by atoms with Crippen LogP contribution in [0.2, 0.25) is 0 Å². The molecule has 6 heteroatoms. The fourth-order valence-electron chi connectivity index (χ4n) is 2.87. The molecule has 1 aliphatic heterocycles. The number of nitriles is 1. The quantitative estimate of drug-likeness (QED) is 0.699. The second-order valence-corrected chi connectivity index (χ2v) is 6.99. The second kappa shape index (κ2) is 9.73. The van der Waals surface area contributed by atoms with Crippen LogP contribution in [0.15, 0.2) is 24.3 Å². The van der Waals surface area contributed by atoms with Crippen molar-refractivity contribution in [3.8, 4) is 11.8 Å². The average molecular weight is 347 g/mol. The number of morpholine rings is 1. The van der Waals surface area contributed by atoms with Gasteiger partial charge in [-0.1, -0.05) is 12.1 Å². The van der Waals surface area contributed by atoms with Crippen molar-refractivity contribution in [2.24, 2.45) is 0 Å². The van der Waals surface area contributed by atoms with E-state index in [0.717, 1.165) is 38.4 Å². The Kier molecular flexibility index (Phi) is 7.66. The molecule has 138 valence electrons.